The van der Waals surface area contributed by atoms with Gasteiger partial charge in [-0.15, -0.1) is 0 Å². The van der Waals surface area contributed by atoms with Crippen molar-refractivity contribution in [3.8, 4) is 5.69 Å². The quantitative estimate of drug-likeness (QED) is 0.652. The van der Waals surface area contributed by atoms with Crippen LogP contribution in [0, 0.1) is 11.6 Å². The average Bonchev–Trinajstić information content (AvgIpc) is 3.03. The molecule has 0 atom stereocenters. The maximum Gasteiger partial charge on any atom is 0.253 e. The van der Waals surface area contributed by atoms with Crippen molar-refractivity contribution in [2.24, 2.45) is 0 Å². The number of hydrogen-bond donors (Lipinski definition) is 0. The van der Waals surface area contributed by atoms with Gasteiger partial charge in [0.15, 0.2) is 0 Å². The first kappa shape index (κ1) is 17.3. The van der Waals surface area contributed by atoms with Crippen LogP contribution < -0.4 is 0 Å². The molecule has 0 fully saturated rings. The van der Waals surface area contributed by atoms with E-state index < -0.39 is 11.6 Å². The van der Waals surface area contributed by atoms with Gasteiger partial charge in [0.25, 0.3) is 5.91 Å². The first-order valence-electron chi connectivity index (χ1n) is 7.44. The van der Waals surface area contributed by atoms with Crippen molar-refractivity contribution in [3.05, 3.63) is 82.1 Å². The van der Waals surface area contributed by atoms with E-state index in [4.69, 9.17) is 0 Å². The average molecular weight is 406 g/mol. The number of amides is 1. The molecule has 128 valence electrons. The zero-order valence-electron chi connectivity index (χ0n) is 13.3. The van der Waals surface area contributed by atoms with E-state index in [1.165, 1.54) is 17.0 Å². The minimum absolute atomic E-state index is 0.0544. The fraction of sp³-hybridized carbons (Fsp3) is 0.111. The highest BCUT2D eigenvalue weighted by Crippen LogP contribution is 2.16. The summed E-state index contributed by atoms with van der Waals surface area (Å²) in [6.07, 6.45) is 3.48. The van der Waals surface area contributed by atoms with Gasteiger partial charge in [0.1, 0.15) is 11.6 Å². The van der Waals surface area contributed by atoms with Crippen LogP contribution in [-0.4, -0.2) is 27.6 Å². The van der Waals surface area contributed by atoms with E-state index in [9.17, 15) is 13.6 Å². The molecular weight excluding hydrogens is 392 g/mol. The second-order valence-electron chi connectivity index (χ2n) is 5.55. The van der Waals surface area contributed by atoms with Crippen LogP contribution in [0.25, 0.3) is 5.69 Å². The van der Waals surface area contributed by atoms with E-state index in [0.29, 0.717) is 5.56 Å². The summed E-state index contributed by atoms with van der Waals surface area (Å²) >= 11 is 3.33. The van der Waals surface area contributed by atoms with E-state index in [0.717, 1.165) is 16.2 Å². The summed E-state index contributed by atoms with van der Waals surface area (Å²) in [5.41, 5.74) is 1.55. The second-order valence-corrected chi connectivity index (χ2v) is 6.46. The van der Waals surface area contributed by atoms with Crippen LogP contribution in [0.4, 0.5) is 8.78 Å². The number of halogens is 3. The molecule has 0 bridgehead atoms. The summed E-state index contributed by atoms with van der Waals surface area (Å²) in [5, 5.41) is 4.17. The largest absolute Gasteiger partial charge is 0.337 e. The Labute approximate surface area is 151 Å². The van der Waals surface area contributed by atoms with Gasteiger partial charge in [-0.1, -0.05) is 6.07 Å². The lowest BCUT2D eigenvalue weighted by molar-refractivity contribution is 0.0784. The molecule has 1 aromatic heterocycles. The Bertz CT molecular complexity index is 909. The van der Waals surface area contributed by atoms with E-state index in [-0.39, 0.29) is 18.0 Å². The Morgan fingerprint density at radius 3 is 2.52 bits per heavy atom. The topological polar surface area (TPSA) is 38.1 Å². The highest BCUT2D eigenvalue weighted by molar-refractivity contribution is 9.10. The van der Waals surface area contributed by atoms with Crippen molar-refractivity contribution in [2.75, 3.05) is 7.05 Å². The molecule has 0 aliphatic rings. The van der Waals surface area contributed by atoms with Gasteiger partial charge in [0, 0.05) is 37.0 Å². The molecule has 0 aliphatic carbocycles. The molecule has 7 heteroatoms. The Morgan fingerprint density at radius 1 is 1.20 bits per heavy atom. The molecule has 3 aromatic rings. The van der Waals surface area contributed by atoms with Gasteiger partial charge in [-0.2, -0.15) is 5.10 Å². The summed E-state index contributed by atoms with van der Waals surface area (Å²) in [5.74, 6) is -1.56. The lowest BCUT2D eigenvalue weighted by Gasteiger charge is -2.18. The Hall–Kier alpha value is -2.54. The number of benzene rings is 2. The summed E-state index contributed by atoms with van der Waals surface area (Å²) in [6, 6.07) is 10.2. The third-order valence-electron chi connectivity index (χ3n) is 3.70. The summed E-state index contributed by atoms with van der Waals surface area (Å²) in [4.78, 5) is 13.9. The molecule has 0 saturated carbocycles. The predicted molar refractivity (Wildman–Crippen MR) is 93.4 cm³/mol. The zero-order chi connectivity index (χ0) is 18.0. The van der Waals surface area contributed by atoms with Crippen molar-refractivity contribution >= 4 is 21.8 Å². The van der Waals surface area contributed by atoms with Gasteiger partial charge in [-0.05, 0) is 46.3 Å². The van der Waals surface area contributed by atoms with Gasteiger partial charge >= 0.3 is 0 Å². The molecule has 1 heterocycles. The van der Waals surface area contributed by atoms with Crippen LogP contribution in [0.5, 0.6) is 0 Å². The molecule has 1 amide bonds. The number of carbonyl (C=O) groups is 1. The van der Waals surface area contributed by atoms with Crippen molar-refractivity contribution in [2.45, 2.75) is 6.54 Å². The van der Waals surface area contributed by atoms with Gasteiger partial charge in [0.05, 0.1) is 16.4 Å². The van der Waals surface area contributed by atoms with Gasteiger partial charge < -0.3 is 4.90 Å². The fourth-order valence-electron chi connectivity index (χ4n) is 2.40. The van der Waals surface area contributed by atoms with Crippen LogP contribution in [-0.2, 0) is 6.54 Å². The van der Waals surface area contributed by atoms with Crippen LogP contribution in [0.2, 0.25) is 0 Å². The smallest absolute Gasteiger partial charge is 0.253 e. The van der Waals surface area contributed by atoms with Crippen LogP contribution in [0.1, 0.15) is 15.9 Å². The zero-order valence-corrected chi connectivity index (χ0v) is 14.9. The molecule has 4 nitrogen and oxygen atoms in total. The molecule has 0 radical (unpaired) electrons. The molecule has 0 aliphatic heterocycles. The van der Waals surface area contributed by atoms with Crippen molar-refractivity contribution < 1.29 is 13.6 Å². The molecule has 0 spiro atoms. The Kier molecular flexibility index (Phi) is 4.94. The molecule has 0 N–H and O–H groups in total. The summed E-state index contributed by atoms with van der Waals surface area (Å²) < 4.78 is 29.2. The number of rotatable bonds is 4. The Balaban J connectivity index is 1.73. The number of aromatic nitrogens is 2. The minimum atomic E-state index is -0.667. The Morgan fingerprint density at radius 2 is 1.92 bits per heavy atom. The number of hydrogen-bond acceptors (Lipinski definition) is 2. The van der Waals surface area contributed by atoms with E-state index in [2.05, 4.69) is 21.0 Å². The third kappa shape index (κ3) is 3.93. The van der Waals surface area contributed by atoms with E-state index >= 15 is 0 Å². The SMILES string of the molecule is CN(Cc1ccc(F)cc1F)C(=O)c1ccc(-n2cc(Br)cn2)cc1. The van der Waals surface area contributed by atoms with Gasteiger partial charge in [-0.3, -0.25) is 4.79 Å². The number of carbonyl (C=O) groups excluding carboxylic acids is 1. The van der Waals surface area contributed by atoms with Gasteiger partial charge in [0.2, 0.25) is 0 Å². The monoisotopic (exact) mass is 405 g/mol. The highest BCUT2D eigenvalue weighted by Gasteiger charge is 2.14. The molecule has 2 aromatic carbocycles. The first-order chi connectivity index (χ1) is 11.9. The fourth-order valence-corrected chi connectivity index (χ4v) is 2.68. The molecule has 0 saturated heterocycles. The molecule has 0 unspecified atom stereocenters. The van der Waals surface area contributed by atoms with Crippen LogP contribution >= 0.6 is 15.9 Å². The first-order valence-corrected chi connectivity index (χ1v) is 8.23. The summed E-state index contributed by atoms with van der Waals surface area (Å²) in [6.45, 7) is 0.0544. The van der Waals surface area contributed by atoms with Crippen molar-refractivity contribution in [1.29, 1.82) is 0 Å². The van der Waals surface area contributed by atoms with E-state index in [1.807, 2.05) is 0 Å². The maximum atomic E-state index is 13.7. The molecular formula is C18H14BrF2N3O. The van der Waals surface area contributed by atoms with Crippen LogP contribution in [0.15, 0.2) is 59.3 Å². The lowest BCUT2D eigenvalue weighted by atomic mass is 10.1. The van der Waals surface area contributed by atoms with Gasteiger partial charge in [-0.25, -0.2) is 13.5 Å². The molecule has 3 rings (SSSR count). The lowest BCUT2D eigenvalue weighted by Crippen LogP contribution is -2.26. The predicted octanol–water partition coefficient (Wildman–Crippen LogP) is 4.19. The molecule has 25 heavy (non-hydrogen) atoms. The normalized spacial score (nSPS) is 10.7. The highest BCUT2D eigenvalue weighted by atomic mass is 79.9. The van der Waals surface area contributed by atoms with Crippen molar-refractivity contribution in [1.82, 2.24) is 14.7 Å². The standard InChI is InChI=1S/C18H14BrF2N3O/c1-23(10-13-2-5-15(20)8-17(13)21)18(25)12-3-6-16(7-4-12)24-11-14(19)9-22-24/h2-9,11H,10H2,1H3. The van der Waals surface area contributed by atoms with E-state index in [1.54, 1.807) is 48.4 Å². The van der Waals surface area contributed by atoms with Crippen molar-refractivity contribution in [3.63, 3.8) is 0 Å². The minimum Gasteiger partial charge on any atom is -0.337 e. The van der Waals surface area contributed by atoms with Crippen LogP contribution in [0.3, 0.4) is 0 Å². The maximum absolute atomic E-state index is 13.7. The summed E-state index contributed by atoms with van der Waals surface area (Å²) in [7, 11) is 1.57. The third-order valence-corrected chi connectivity index (χ3v) is 4.11. The number of nitrogens with zero attached hydrogens (tertiary/aromatic N) is 3. The second kappa shape index (κ2) is 7.14.